The van der Waals surface area contributed by atoms with Gasteiger partial charge in [0.2, 0.25) is 10.0 Å². The van der Waals surface area contributed by atoms with Crippen LogP contribution in [0.15, 0.2) is 102 Å². The molecule has 0 saturated heterocycles. The minimum absolute atomic E-state index is 0.0825. The van der Waals surface area contributed by atoms with E-state index in [1.54, 1.807) is 30.3 Å². The van der Waals surface area contributed by atoms with Crippen molar-refractivity contribution in [3.63, 3.8) is 0 Å². The standard InChI is InChI=1S/C32H32N2O4S/c1-2-3-17-30(31(35)23-33-39(37,38)28-14-5-4-6-15-28)34-32(36)29-16-10-9-12-26(29)21-19-24-18-20-25-11-7-8-13-27(25)22-24/h4-16,18-22,30,33H,2-3,17,23H2,1H3,(H,34,36). The van der Waals surface area contributed by atoms with Crippen LogP contribution < -0.4 is 10.0 Å². The Balaban J connectivity index is 1.48. The molecule has 0 spiro atoms. The van der Waals surface area contributed by atoms with E-state index in [2.05, 4.69) is 34.3 Å². The molecule has 1 amide bonds. The van der Waals surface area contributed by atoms with Crippen molar-refractivity contribution in [1.82, 2.24) is 10.0 Å². The fourth-order valence-electron chi connectivity index (χ4n) is 4.28. The van der Waals surface area contributed by atoms with Crippen molar-refractivity contribution >= 4 is 44.6 Å². The molecule has 6 nitrogen and oxygen atoms in total. The molecule has 39 heavy (non-hydrogen) atoms. The fraction of sp³-hybridized carbons (Fsp3) is 0.188. The zero-order chi connectivity index (χ0) is 27.7. The van der Waals surface area contributed by atoms with Gasteiger partial charge in [-0.2, -0.15) is 0 Å². The van der Waals surface area contributed by atoms with E-state index in [0.29, 0.717) is 18.4 Å². The van der Waals surface area contributed by atoms with Crippen LogP contribution in [0.3, 0.4) is 0 Å². The number of Topliss-reactive ketones (excluding diaryl/α,β-unsaturated/α-hetero) is 1. The van der Waals surface area contributed by atoms with Gasteiger partial charge in [0.1, 0.15) is 0 Å². The molecule has 0 saturated carbocycles. The summed E-state index contributed by atoms with van der Waals surface area (Å²) in [5.74, 6) is -0.769. The quantitative estimate of drug-likeness (QED) is 0.221. The van der Waals surface area contributed by atoms with Crippen LogP contribution in [-0.2, 0) is 14.8 Å². The Morgan fingerprint density at radius 3 is 2.28 bits per heavy atom. The van der Waals surface area contributed by atoms with Gasteiger partial charge < -0.3 is 5.32 Å². The second-order valence-electron chi connectivity index (χ2n) is 9.30. The molecule has 4 aromatic rings. The Morgan fingerprint density at radius 2 is 1.51 bits per heavy atom. The van der Waals surface area contributed by atoms with Gasteiger partial charge in [-0.25, -0.2) is 13.1 Å². The summed E-state index contributed by atoms with van der Waals surface area (Å²) >= 11 is 0. The van der Waals surface area contributed by atoms with Crippen LogP contribution in [0.1, 0.15) is 47.7 Å². The van der Waals surface area contributed by atoms with E-state index in [0.717, 1.165) is 28.3 Å². The number of sulfonamides is 1. The highest BCUT2D eigenvalue weighted by Gasteiger charge is 2.24. The zero-order valence-electron chi connectivity index (χ0n) is 21.8. The average Bonchev–Trinajstić information content (AvgIpc) is 2.97. The molecule has 0 heterocycles. The molecule has 0 aliphatic carbocycles. The smallest absolute Gasteiger partial charge is 0.252 e. The Morgan fingerprint density at radius 1 is 0.821 bits per heavy atom. The van der Waals surface area contributed by atoms with Crippen LogP contribution in [-0.4, -0.2) is 32.7 Å². The number of carbonyl (C=O) groups is 2. The van der Waals surface area contributed by atoms with Crippen molar-refractivity contribution in [2.45, 2.75) is 37.1 Å². The van der Waals surface area contributed by atoms with E-state index in [9.17, 15) is 18.0 Å². The first kappa shape index (κ1) is 28.0. The van der Waals surface area contributed by atoms with Crippen molar-refractivity contribution < 1.29 is 18.0 Å². The fourth-order valence-corrected chi connectivity index (χ4v) is 5.29. The number of hydrogen-bond donors (Lipinski definition) is 2. The summed E-state index contributed by atoms with van der Waals surface area (Å²) in [5.41, 5.74) is 2.16. The first-order chi connectivity index (χ1) is 18.9. The Hall–Kier alpha value is -4.07. The van der Waals surface area contributed by atoms with Crippen LogP contribution in [0.4, 0.5) is 0 Å². The molecule has 0 fully saturated rings. The predicted octanol–water partition coefficient (Wildman–Crippen LogP) is 5.85. The molecule has 7 heteroatoms. The van der Waals surface area contributed by atoms with Gasteiger partial charge in [0.25, 0.3) is 5.91 Å². The Kier molecular flexibility index (Phi) is 9.41. The third-order valence-electron chi connectivity index (χ3n) is 6.46. The second kappa shape index (κ2) is 13.1. The van der Waals surface area contributed by atoms with Gasteiger partial charge in [0.05, 0.1) is 17.5 Å². The SMILES string of the molecule is CCCCC(NC(=O)c1ccccc1C=Cc1ccc2ccccc2c1)C(=O)CNS(=O)(=O)c1ccccc1. The van der Waals surface area contributed by atoms with Crippen molar-refractivity contribution in [2.24, 2.45) is 0 Å². The lowest BCUT2D eigenvalue weighted by molar-refractivity contribution is -0.120. The summed E-state index contributed by atoms with van der Waals surface area (Å²) in [6, 6.07) is 28.6. The number of rotatable bonds is 12. The lowest BCUT2D eigenvalue weighted by atomic mass is 10.0. The molecule has 4 rings (SSSR count). The van der Waals surface area contributed by atoms with Crippen molar-refractivity contribution in [2.75, 3.05) is 6.54 Å². The number of carbonyl (C=O) groups excluding carboxylic acids is 2. The summed E-state index contributed by atoms with van der Waals surface area (Å²) in [6.45, 7) is 1.59. The normalized spacial score (nSPS) is 12.4. The number of hydrogen-bond acceptors (Lipinski definition) is 4. The molecule has 200 valence electrons. The number of benzene rings is 4. The van der Waals surface area contributed by atoms with E-state index in [1.165, 1.54) is 12.1 Å². The van der Waals surface area contributed by atoms with E-state index in [4.69, 9.17) is 0 Å². The second-order valence-corrected chi connectivity index (χ2v) is 11.1. The minimum atomic E-state index is -3.84. The first-order valence-corrected chi connectivity index (χ1v) is 14.5. The maximum Gasteiger partial charge on any atom is 0.252 e. The maximum absolute atomic E-state index is 13.3. The monoisotopic (exact) mass is 540 g/mol. The van der Waals surface area contributed by atoms with Crippen LogP contribution in [0.2, 0.25) is 0 Å². The number of ketones is 1. The molecule has 1 unspecified atom stereocenters. The number of unbranched alkanes of at least 4 members (excludes halogenated alkanes) is 1. The lowest BCUT2D eigenvalue weighted by Crippen LogP contribution is -2.45. The molecule has 2 N–H and O–H groups in total. The molecule has 1 atom stereocenters. The van der Waals surface area contributed by atoms with Crippen molar-refractivity contribution in [1.29, 1.82) is 0 Å². The van der Waals surface area contributed by atoms with E-state index < -0.39 is 22.6 Å². The summed E-state index contributed by atoms with van der Waals surface area (Å²) in [7, 11) is -3.84. The molecule has 0 aromatic heterocycles. The maximum atomic E-state index is 13.3. The first-order valence-electron chi connectivity index (χ1n) is 13.0. The highest BCUT2D eigenvalue weighted by molar-refractivity contribution is 7.89. The lowest BCUT2D eigenvalue weighted by Gasteiger charge is -2.19. The van der Waals surface area contributed by atoms with Crippen LogP contribution >= 0.6 is 0 Å². The van der Waals surface area contributed by atoms with E-state index >= 15 is 0 Å². The predicted molar refractivity (Wildman–Crippen MR) is 157 cm³/mol. The summed E-state index contributed by atoms with van der Waals surface area (Å²) in [5, 5.41) is 5.14. The highest BCUT2D eigenvalue weighted by atomic mass is 32.2. The van der Waals surface area contributed by atoms with Gasteiger partial charge in [-0.1, -0.05) is 105 Å². The summed E-state index contributed by atoms with van der Waals surface area (Å²) in [4.78, 5) is 26.4. The van der Waals surface area contributed by atoms with Gasteiger partial charge in [-0.3, -0.25) is 9.59 Å². The van der Waals surface area contributed by atoms with Crippen molar-refractivity contribution in [3.05, 3.63) is 114 Å². The van der Waals surface area contributed by atoms with Crippen molar-refractivity contribution in [3.8, 4) is 0 Å². The third-order valence-corrected chi connectivity index (χ3v) is 7.88. The highest BCUT2D eigenvalue weighted by Crippen LogP contribution is 2.19. The molecule has 0 aliphatic rings. The van der Waals surface area contributed by atoms with E-state index in [1.807, 2.05) is 49.4 Å². The molecule has 0 aliphatic heterocycles. The van der Waals surface area contributed by atoms with Gasteiger partial charge in [0, 0.05) is 5.56 Å². The average molecular weight is 541 g/mol. The van der Waals surface area contributed by atoms with Crippen LogP contribution in [0.5, 0.6) is 0 Å². The number of nitrogens with one attached hydrogen (secondary N) is 2. The Bertz CT molecular complexity index is 1580. The number of fused-ring (bicyclic) bond motifs is 1. The van der Waals surface area contributed by atoms with Gasteiger partial charge in [-0.05, 0) is 52.6 Å². The molecular formula is C32H32N2O4S. The van der Waals surface area contributed by atoms with Crippen LogP contribution in [0, 0.1) is 0 Å². The molecular weight excluding hydrogens is 508 g/mol. The number of amides is 1. The van der Waals surface area contributed by atoms with Gasteiger partial charge in [-0.15, -0.1) is 0 Å². The summed E-state index contributed by atoms with van der Waals surface area (Å²) < 4.78 is 27.5. The zero-order valence-corrected chi connectivity index (χ0v) is 22.7. The minimum Gasteiger partial charge on any atom is -0.342 e. The Labute approximate surface area is 229 Å². The van der Waals surface area contributed by atoms with Crippen LogP contribution in [0.25, 0.3) is 22.9 Å². The van der Waals surface area contributed by atoms with Gasteiger partial charge >= 0.3 is 0 Å². The molecule has 0 bridgehead atoms. The van der Waals surface area contributed by atoms with E-state index in [-0.39, 0.29) is 16.6 Å². The topological polar surface area (TPSA) is 92.3 Å². The largest absolute Gasteiger partial charge is 0.342 e. The molecule has 4 aromatic carbocycles. The van der Waals surface area contributed by atoms with Gasteiger partial charge in [0.15, 0.2) is 5.78 Å². The molecule has 0 radical (unpaired) electrons. The third kappa shape index (κ3) is 7.50. The summed E-state index contributed by atoms with van der Waals surface area (Å²) in [6.07, 6.45) is 5.81.